The molecule has 18 heavy (non-hydrogen) atoms. The number of likely N-dealkylation sites (tertiary alicyclic amines) is 1. The molecule has 2 heterocycles. The molecular weight excluding hydrogens is 230 g/mol. The van der Waals surface area contributed by atoms with E-state index in [4.69, 9.17) is 0 Å². The Bertz CT molecular complexity index is 425. The molecule has 1 aliphatic rings. The van der Waals surface area contributed by atoms with Crippen LogP contribution < -0.4 is 11.0 Å². The zero-order valence-electron chi connectivity index (χ0n) is 10.9. The Morgan fingerprint density at radius 2 is 2.11 bits per heavy atom. The fourth-order valence-corrected chi connectivity index (χ4v) is 2.23. The van der Waals surface area contributed by atoms with Crippen LogP contribution in [-0.2, 0) is 0 Å². The van der Waals surface area contributed by atoms with Crippen LogP contribution in [0.1, 0.15) is 31.4 Å². The zero-order chi connectivity index (χ0) is 12.8. The SMILES string of the molecule is Cc1n[nH]c(=O)nc1NCCCCN1CCCC1. The van der Waals surface area contributed by atoms with Gasteiger partial charge >= 0.3 is 5.69 Å². The number of rotatable bonds is 6. The fourth-order valence-electron chi connectivity index (χ4n) is 2.23. The van der Waals surface area contributed by atoms with Crippen molar-refractivity contribution in [3.63, 3.8) is 0 Å². The Labute approximate surface area is 107 Å². The number of H-pyrrole nitrogens is 1. The number of aromatic amines is 1. The maximum Gasteiger partial charge on any atom is 0.363 e. The van der Waals surface area contributed by atoms with Gasteiger partial charge in [0.05, 0.1) is 0 Å². The average molecular weight is 251 g/mol. The maximum absolute atomic E-state index is 11.0. The minimum atomic E-state index is -0.403. The second-order valence-corrected chi connectivity index (χ2v) is 4.76. The molecule has 0 aliphatic carbocycles. The van der Waals surface area contributed by atoms with Crippen LogP contribution in [0.2, 0.25) is 0 Å². The summed E-state index contributed by atoms with van der Waals surface area (Å²) in [6.07, 6.45) is 4.97. The van der Waals surface area contributed by atoms with Crippen LogP contribution in [0.25, 0.3) is 0 Å². The third-order valence-corrected chi connectivity index (χ3v) is 3.27. The van der Waals surface area contributed by atoms with Gasteiger partial charge in [0.1, 0.15) is 5.69 Å². The number of aromatic nitrogens is 3. The molecule has 1 aromatic heterocycles. The summed E-state index contributed by atoms with van der Waals surface area (Å²) in [5.74, 6) is 0.597. The van der Waals surface area contributed by atoms with Crippen LogP contribution in [-0.4, -0.2) is 46.3 Å². The molecule has 0 atom stereocenters. The fraction of sp³-hybridized carbons (Fsp3) is 0.750. The first-order chi connectivity index (χ1) is 8.75. The van der Waals surface area contributed by atoms with Gasteiger partial charge in [-0.05, 0) is 52.2 Å². The number of nitrogens with zero attached hydrogens (tertiary/aromatic N) is 3. The number of anilines is 1. The van der Waals surface area contributed by atoms with E-state index < -0.39 is 5.69 Å². The highest BCUT2D eigenvalue weighted by Gasteiger charge is 2.10. The van der Waals surface area contributed by atoms with Gasteiger partial charge in [0, 0.05) is 6.54 Å². The van der Waals surface area contributed by atoms with Crippen LogP contribution in [0, 0.1) is 6.92 Å². The van der Waals surface area contributed by atoms with E-state index in [0.29, 0.717) is 5.82 Å². The van der Waals surface area contributed by atoms with Crippen LogP contribution in [0.3, 0.4) is 0 Å². The van der Waals surface area contributed by atoms with Gasteiger partial charge in [0.25, 0.3) is 0 Å². The van der Waals surface area contributed by atoms with E-state index in [-0.39, 0.29) is 0 Å². The van der Waals surface area contributed by atoms with E-state index in [1.807, 2.05) is 6.92 Å². The van der Waals surface area contributed by atoms with Crippen molar-refractivity contribution in [3.05, 3.63) is 16.2 Å². The largest absolute Gasteiger partial charge is 0.368 e. The number of nitrogens with one attached hydrogen (secondary N) is 2. The van der Waals surface area contributed by atoms with Crippen molar-refractivity contribution >= 4 is 5.82 Å². The molecular formula is C12H21N5O. The van der Waals surface area contributed by atoms with Crippen LogP contribution in [0.4, 0.5) is 5.82 Å². The van der Waals surface area contributed by atoms with Gasteiger partial charge in [-0.2, -0.15) is 10.1 Å². The normalized spacial score (nSPS) is 16.1. The minimum Gasteiger partial charge on any atom is -0.368 e. The Morgan fingerprint density at radius 1 is 1.33 bits per heavy atom. The predicted molar refractivity (Wildman–Crippen MR) is 70.8 cm³/mol. The van der Waals surface area contributed by atoms with Gasteiger partial charge in [-0.3, -0.25) is 0 Å². The first-order valence-corrected chi connectivity index (χ1v) is 6.65. The molecule has 0 bridgehead atoms. The zero-order valence-corrected chi connectivity index (χ0v) is 10.9. The van der Waals surface area contributed by atoms with E-state index in [1.54, 1.807) is 0 Å². The van der Waals surface area contributed by atoms with Crippen molar-refractivity contribution in [2.45, 2.75) is 32.6 Å². The standard InChI is InChI=1S/C12H21N5O/c1-10-11(14-12(18)16-15-10)13-6-2-3-7-17-8-4-5-9-17/h2-9H2,1H3,(H2,13,14,16,18). The second-order valence-electron chi connectivity index (χ2n) is 4.76. The lowest BCUT2D eigenvalue weighted by atomic mass is 10.3. The summed E-state index contributed by atoms with van der Waals surface area (Å²) in [5, 5.41) is 9.35. The molecule has 1 aliphatic heterocycles. The molecule has 1 aromatic rings. The van der Waals surface area contributed by atoms with Crippen molar-refractivity contribution in [2.75, 3.05) is 31.5 Å². The molecule has 1 saturated heterocycles. The lowest BCUT2D eigenvalue weighted by molar-refractivity contribution is 0.331. The smallest absolute Gasteiger partial charge is 0.363 e. The van der Waals surface area contributed by atoms with Crippen molar-refractivity contribution in [3.8, 4) is 0 Å². The second kappa shape index (κ2) is 6.49. The van der Waals surface area contributed by atoms with Crippen molar-refractivity contribution in [1.82, 2.24) is 20.1 Å². The summed E-state index contributed by atoms with van der Waals surface area (Å²) in [6, 6.07) is 0. The Hall–Kier alpha value is -1.43. The topological polar surface area (TPSA) is 73.9 Å². The number of aryl methyl sites for hydroxylation is 1. The van der Waals surface area contributed by atoms with Crippen molar-refractivity contribution < 1.29 is 0 Å². The maximum atomic E-state index is 11.0. The molecule has 2 N–H and O–H groups in total. The molecule has 2 rings (SSSR count). The summed E-state index contributed by atoms with van der Waals surface area (Å²) < 4.78 is 0. The minimum absolute atomic E-state index is 0.403. The van der Waals surface area contributed by atoms with Crippen LogP contribution in [0.15, 0.2) is 4.79 Å². The third-order valence-electron chi connectivity index (χ3n) is 3.27. The number of hydrogen-bond acceptors (Lipinski definition) is 5. The molecule has 0 saturated carbocycles. The summed E-state index contributed by atoms with van der Waals surface area (Å²) in [4.78, 5) is 17.4. The molecule has 0 unspecified atom stereocenters. The van der Waals surface area contributed by atoms with Gasteiger partial charge in [0.2, 0.25) is 0 Å². The monoisotopic (exact) mass is 251 g/mol. The summed E-state index contributed by atoms with van der Waals surface area (Å²) >= 11 is 0. The molecule has 1 fully saturated rings. The van der Waals surface area contributed by atoms with E-state index in [2.05, 4.69) is 25.4 Å². The number of hydrogen-bond donors (Lipinski definition) is 2. The first-order valence-electron chi connectivity index (χ1n) is 6.65. The molecule has 0 radical (unpaired) electrons. The highest BCUT2D eigenvalue weighted by molar-refractivity contribution is 5.37. The van der Waals surface area contributed by atoms with Gasteiger partial charge < -0.3 is 10.2 Å². The highest BCUT2D eigenvalue weighted by atomic mass is 16.1. The molecule has 100 valence electrons. The van der Waals surface area contributed by atoms with Crippen molar-refractivity contribution in [1.29, 1.82) is 0 Å². The predicted octanol–water partition coefficient (Wildman–Crippen LogP) is 0.761. The molecule has 6 heteroatoms. The quantitative estimate of drug-likeness (QED) is 0.730. The molecule has 0 amide bonds. The van der Waals surface area contributed by atoms with Gasteiger partial charge in [-0.15, -0.1) is 0 Å². The van der Waals surface area contributed by atoms with E-state index in [9.17, 15) is 4.79 Å². The van der Waals surface area contributed by atoms with Crippen LogP contribution in [0.5, 0.6) is 0 Å². The molecule has 0 spiro atoms. The van der Waals surface area contributed by atoms with E-state index in [1.165, 1.54) is 38.9 Å². The lowest BCUT2D eigenvalue weighted by Gasteiger charge is -2.14. The van der Waals surface area contributed by atoms with E-state index in [0.717, 1.165) is 18.7 Å². The Balaban J connectivity index is 1.65. The first kappa shape index (κ1) is 13.0. The highest BCUT2D eigenvalue weighted by Crippen LogP contribution is 2.08. The molecule has 6 nitrogen and oxygen atoms in total. The lowest BCUT2D eigenvalue weighted by Crippen LogP contribution is -2.21. The van der Waals surface area contributed by atoms with Gasteiger partial charge in [0.15, 0.2) is 5.82 Å². The van der Waals surface area contributed by atoms with Gasteiger partial charge in [-0.1, -0.05) is 0 Å². The summed E-state index contributed by atoms with van der Waals surface area (Å²) in [7, 11) is 0. The molecule has 0 aromatic carbocycles. The van der Waals surface area contributed by atoms with Gasteiger partial charge in [-0.25, -0.2) is 9.89 Å². The number of unbranched alkanes of at least 4 members (excludes halogenated alkanes) is 1. The Kier molecular flexibility index (Phi) is 4.69. The average Bonchev–Trinajstić information content (AvgIpc) is 2.86. The van der Waals surface area contributed by atoms with E-state index >= 15 is 0 Å². The van der Waals surface area contributed by atoms with Crippen molar-refractivity contribution in [2.24, 2.45) is 0 Å². The summed E-state index contributed by atoms with van der Waals surface area (Å²) in [5.41, 5.74) is 0.328. The van der Waals surface area contributed by atoms with Crippen LogP contribution >= 0.6 is 0 Å². The summed E-state index contributed by atoms with van der Waals surface area (Å²) in [6.45, 7) is 6.36. The third kappa shape index (κ3) is 3.80. The Morgan fingerprint density at radius 3 is 2.89 bits per heavy atom.